The maximum atomic E-state index is 12.7. The van der Waals surface area contributed by atoms with Crippen molar-refractivity contribution in [3.05, 3.63) is 59.7 Å². The molecule has 28 heavy (non-hydrogen) atoms. The molecule has 5 heteroatoms. The van der Waals surface area contributed by atoms with E-state index in [0.29, 0.717) is 13.1 Å². The van der Waals surface area contributed by atoms with Crippen LogP contribution in [0.4, 0.5) is 16.2 Å². The fourth-order valence-electron chi connectivity index (χ4n) is 3.66. The number of nitrogens with zero attached hydrogens (tertiary/aromatic N) is 1. The second kappa shape index (κ2) is 8.91. The number of amides is 3. The summed E-state index contributed by atoms with van der Waals surface area (Å²) in [5, 5.41) is 6.01. The van der Waals surface area contributed by atoms with Gasteiger partial charge in [0.15, 0.2) is 0 Å². The van der Waals surface area contributed by atoms with E-state index in [1.165, 1.54) is 0 Å². The molecule has 3 amide bonds. The Morgan fingerprint density at radius 2 is 1.68 bits per heavy atom. The van der Waals surface area contributed by atoms with Crippen LogP contribution in [0.1, 0.15) is 30.9 Å². The smallest absolute Gasteiger partial charge is 0.321 e. The fraction of sp³-hybridized carbons (Fsp3) is 0.391. The van der Waals surface area contributed by atoms with Gasteiger partial charge in [0.25, 0.3) is 0 Å². The molecule has 0 aromatic heterocycles. The lowest BCUT2D eigenvalue weighted by molar-refractivity contribution is -0.121. The second-order valence-electron chi connectivity index (χ2n) is 7.72. The van der Waals surface area contributed by atoms with Gasteiger partial charge in [-0.05, 0) is 61.9 Å². The van der Waals surface area contributed by atoms with E-state index < -0.39 is 0 Å². The van der Waals surface area contributed by atoms with E-state index in [2.05, 4.69) is 10.6 Å². The van der Waals surface area contributed by atoms with Crippen LogP contribution in [0, 0.1) is 25.7 Å². The molecule has 5 nitrogen and oxygen atoms in total. The van der Waals surface area contributed by atoms with Crippen LogP contribution in [0.5, 0.6) is 0 Å². The highest BCUT2D eigenvalue weighted by Gasteiger charge is 2.30. The summed E-state index contributed by atoms with van der Waals surface area (Å²) in [6.07, 6.45) is 1.67. The van der Waals surface area contributed by atoms with Crippen molar-refractivity contribution in [2.24, 2.45) is 11.8 Å². The first-order chi connectivity index (χ1) is 13.4. The highest BCUT2D eigenvalue weighted by Crippen LogP contribution is 2.27. The first-order valence-electron chi connectivity index (χ1n) is 9.93. The third-order valence-electron chi connectivity index (χ3n) is 5.62. The number of rotatable bonds is 4. The van der Waals surface area contributed by atoms with E-state index >= 15 is 0 Å². The van der Waals surface area contributed by atoms with E-state index in [1.54, 1.807) is 0 Å². The Labute approximate surface area is 167 Å². The van der Waals surface area contributed by atoms with Gasteiger partial charge in [-0.1, -0.05) is 37.3 Å². The van der Waals surface area contributed by atoms with Gasteiger partial charge in [0.1, 0.15) is 0 Å². The second-order valence-corrected chi connectivity index (χ2v) is 7.72. The third-order valence-corrected chi connectivity index (χ3v) is 5.62. The predicted octanol–water partition coefficient (Wildman–Crippen LogP) is 4.82. The lowest BCUT2D eigenvalue weighted by atomic mass is 9.85. The molecule has 3 rings (SSSR count). The summed E-state index contributed by atoms with van der Waals surface area (Å²) in [7, 11) is 0. The summed E-state index contributed by atoms with van der Waals surface area (Å²) in [5.41, 5.74) is 3.89. The van der Waals surface area contributed by atoms with Gasteiger partial charge >= 0.3 is 6.03 Å². The number of hydrogen-bond donors (Lipinski definition) is 2. The molecule has 0 bridgehead atoms. The minimum Gasteiger partial charge on any atom is -0.326 e. The number of piperidine rings is 1. The topological polar surface area (TPSA) is 61.4 Å². The number of carbonyl (C=O) groups is 2. The Morgan fingerprint density at radius 3 is 2.36 bits per heavy atom. The third kappa shape index (κ3) is 4.91. The lowest BCUT2D eigenvalue weighted by Crippen LogP contribution is -2.43. The summed E-state index contributed by atoms with van der Waals surface area (Å²) in [5.74, 6) is 0.256. The van der Waals surface area contributed by atoms with Crippen LogP contribution in [0.3, 0.4) is 0 Å². The molecule has 0 radical (unpaired) electrons. The van der Waals surface area contributed by atoms with Crippen LogP contribution >= 0.6 is 0 Å². The molecule has 2 N–H and O–H groups in total. The van der Waals surface area contributed by atoms with Crippen molar-refractivity contribution in [3.63, 3.8) is 0 Å². The standard InChI is InChI=1S/C23H29N3O2/c1-16-9-10-17(2)21(15-16)25-22(27)18(3)19-11-13-26(14-12-19)23(28)24-20-7-5-4-6-8-20/h4-10,15,18-19H,11-14H2,1-3H3,(H,24,28)(H,25,27)/t18-/m1/s1. The normalized spacial score (nSPS) is 15.8. The van der Waals surface area contributed by atoms with E-state index in [-0.39, 0.29) is 23.8 Å². The molecular weight excluding hydrogens is 350 g/mol. The summed E-state index contributed by atoms with van der Waals surface area (Å²) in [4.78, 5) is 27.0. The van der Waals surface area contributed by atoms with Crippen LogP contribution in [-0.2, 0) is 4.79 Å². The Bertz CT molecular complexity index is 827. The van der Waals surface area contributed by atoms with Gasteiger partial charge in [0.2, 0.25) is 5.91 Å². The number of benzene rings is 2. The molecule has 2 aromatic carbocycles. The molecule has 0 unspecified atom stereocenters. The van der Waals surface area contributed by atoms with Gasteiger partial charge in [-0.25, -0.2) is 4.79 Å². The number of nitrogens with one attached hydrogen (secondary N) is 2. The van der Waals surface area contributed by atoms with Crippen molar-refractivity contribution in [2.75, 3.05) is 23.7 Å². The van der Waals surface area contributed by atoms with E-state index in [1.807, 2.05) is 74.2 Å². The van der Waals surface area contributed by atoms with Crippen molar-refractivity contribution < 1.29 is 9.59 Å². The van der Waals surface area contributed by atoms with Gasteiger partial charge in [-0.15, -0.1) is 0 Å². The zero-order chi connectivity index (χ0) is 20.1. The van der Waals surface area contributed by atoms with Crippen molar-refractivity contribution in [1.29, 1.82) is 0 Å². The Balaban J connectivity index is 1.51. The SMILES string of the molecule is Cc1ccc(C)c(NC(=O)[C@H](C)C2CCN(C(=O)Nc3ccccc3)CC2)c1. The average molecular weight is 380 g/mol. The molecule has 0 aliphatic carbocycles. The number of para-hydroxylation sites is 1. The monoisotopic (exact) mass is 379 g/mol. The van der Waals surface area contributed by atoms with Crippen LogP contribution in [0.25, 0.3) is 0 Å². The molecule has 1 fully saturated rings. The van der Waals surface area contributed by atoms with Gasteiger partial charge < -0.3 is 15.5 Å². The molecule has 0 spiro atoms. The zero-order valence-electron chi connectivity index (χ0n) is 16.9. The molecule has 1 heterocycles. The lowest BCUT2D eigenvalue weighted by Gasteiger charge is -2.34. The average Bonchev–Trinajstić information content (AvgIpc) is 2.71. The van der Waals surface area contributed by atoms with Crippen molar-refractivity contribution in [1.82, 2.24) is 4.90 Å². The van der Waals surface area contributed by atoms with Gasteiger partial charge in [-0.3, -0.25) is 4.79 Å². The van der Waals surface area contributed by atoms with Gasteiger partial charge in [-0.2, -0.15) is 0 Å². The summed E-state index contributed by atoms with van der Waals surface area (Å²) in [6, 6.07) is 15.5. The molecule has 1 atom stereocenters. The number of aryl methyl sites for hydroxylation is 2. The maximum absolute atomic E-state index is 12.7. The molecule has 2 aromatic rings. The minimum absolute atomic E-state index is 0.0564. The number of likely N-dealkylation sites (tertiary alicyclic amines) is 1. The number of urea groups is 1. The summed E-state index contributed by atoms with van der Waals surface area (Å²) >= 11 is 0. The fourth-order valence-corrected chi connectivity index (χ4v) is 3.66. The number of hydrogen-bond acceptors (Lipinski definition) is 2. The van der Waals surface area contributed by atoms with E-state index in [0.717, 1.165) is 35.3 Å². The number of anilines is 2. The predicted molar refractivity (Wildman–Crippen MR) is 113 cm³/mol. The van der Waals surface area contributed by atoms with Crippen LogP contribution in [-0.4, -0.2) is 29.9 Å². The molecular formula is C23H29N3O2. The van der Waals surface area contributed by atoms with Crippen LogP contribution in [0.15, 0.2) is 48.5 Å². The molecule has 1 aliphatic rings. The Hall–Kier alpha value is -2.82. The van der Waals surface area contributed by atoms with Crippen LogP contribution < -0.4 is 10.6 Å². The van der Waals surface area contributed by atoms with E-state index in [9.17, 15) is 9.59 Å². The summed E-state index contributed by atoms with van der Waals surface area (Å²) < 4.78 is 0. The van der Waals surface area contributed by atoms with Gasteiger partial charge in [0.05, 0.1) is 0 Å². The van der Waals surface area contributed by atoms with Crippen LogP contribution in [0.2, 0.25) is 0 Å². The van der Waals surface area contributed by atoms with Crippen molar-refractivity contribution in [3.8, 4) is 0 Å². The minimum atomic E-state index is -0.0840. The first-order valence-corrected chi connectivity index (χ1v) is 9.93. The largest absolute Gasteiger partial charge is 0.326 e. The molecule has 148 valence electrons. The Kier molecular flexibility index (Phi) is 6.34. The highest BCUT2D eigenvalue weighted by molar-refractivity contribution is 5.93. The zero-order valence-corrected chi connectivity index (χ0v) is 16.9. The Morgan fingerprint density at radius 1 is 1.00 bits per heavy atom. The summed E-state index contributed by atoms with van der Waals surface area (Å²) in [6.45, 7) is 7.36. The molecule has 1 aliphatic heterocycles. The van der Waals surface area contributed by atoms with Gasteiger partial charge in [0, 0.05) is 30.4 Å². The first kappa shape index (κ1) is 19.9. The van der Waals surface area contributed by atoms with E-state index in [4.69, 9.17) is 0 Å². The molecule has 0 saturated carbocycles. The van der Waals surface area contributed by atoms with Crippen molar-refractivity contribution >= 4 is 23.3 Å². The van der Waals surface area contributed by atoms with Crippen molar-refractivity contribution in [2.45, 2.75) is 33.6 Å². The number of carbonyl (C=O) groups excluding carboxylic acids is 2. The maximum Gasteiger partial charge on any atom is 0.321 e. The quantitative estimate of drug-likeness (QED) is 0.800. The highest BCUT2D eigenvalue weighted by atomic mass is 16.2. The molecule has 1 saturated heterocycles.